The van der Waals surface area contributed by atoms with Crippen LogP contribution in [0.25, 0.3) is 0 Å². The molecule has 0 bridgehead atoms. The first kappa shape index (κ1) is 22.0. The van der Waals surface area contributed by atoms with E-state index >= 15 is 0 Å². The average Bonchev–Trinajstić information content (AvgIpc) is 3.11. The number of carbonyl (C=O) groups is 1. The number of ether oxygens (including phenoxy) is 1. The van der Waals surface area contributed by atoms with E-state index in [1.807, 2.05) is 37.7 Å². The summed E-state index contributed by atoms with van der Waals surface area (Å²) in [5.41, 5.74) is 5.04. The van der Waals surface area contributed by atoms with Crippen molar-refractivity contribution in [2.75, 3.05) is 18.0 Å². The van der Waals surface area contributed by atoms with Gasteiger partial charge in [-0.2, -0.15) is 5.10 Å². The maximum atomic E-state index is 12.0. The van der Waals surface area contributed by atoms with Crippen LogP contribution in [-0.2, 0) is 11.3 Å². The Morgan fingerprint density at radius 1 is 1.20 bits per heavy atom. The van der Waals surface area contributed by atoms with Gasteiger partial charge in [0.15, 0.2) is 0 Å². The van der Waals surface area contributed by atoms with Crippen LogP contribution in [0.2, 0.25) is 19.6 Å². The minimum atomic E-state index is -1.39. The number of benzene rings is 1. The van der Waals surface area contributed by atoms with Crippen LogP contribution in [0.5, 0.6) is 0 Å². The SMILES string of the molecule is CC(C)(C)OC(=O)NCC1CN(c2ccc(C#C[Si](C)(C)C)cc2)c2ccnn2C1. The van der Waals surface area contributed by atoms with Crippen molar-refractivity contribution in [3.8, 4) is 11.5 Å². The topological polar surface area (TPSA) is 59.4 Å². The van der Waals surface area contributed by atoms with Crippen molar-refractivity contribution in [3.63, 3.8) is 0 Å². The van der Waals surface area contributed by atoms with Gasteiger partial charge in [-0.3, -0.25) is 0 Å². The van der Waals surface area contributed by atoms with E-state index in [-0.39, 0.29) is 12.0 Å². The fraction of sp³-hybridized carbons (Fsp3) is 0.478. The quantitative estimate of drug-likeness (QED) is 0.586. The van der Waals surface area contributed by atoms with Crippen LogP contribution < -0.4 is 10.2 Å². The van der Waals surface area contributed by atoms with E-state index in [4.69, 9.17) is 4.74 Å². The van der Waals surface area contributed by atoms with Crippen LogP contribution in [-0.4, -0.2) is 42.6 Å². The molecule has 0 fully saturated rings. The van der Waals surface area contributed by atoms with Gasteiger partial charge >= 0.3 is 6.09 Å². The number of aromatic nitrogens is 2. The molecule has 0 spiro atoms. The summed E-state index contributed by atoms with van der Waals surface area (Å²) < 4.78 is 7.35. The van der Waals surface area contributed by atoms with Gasteiger partial charge in [0.2, 0.25) is 0 Å². The number of nitrogens with zero attached hydrogens (tertiary/aromatic N) is 3. The van der Waals surface area contributed by atoms with Gasteiger partial charge in [-0.15, -0.1) is 5.54 Å². The smallest absolute Gasteiger partial charge is 0.407 e. The fourth-order valence-corrected chi connectivity index (χ4v) is 3.76. The molecule has 160 valence electrons. The largest absolute Gasteiger partial charge is 0.444 e. The molecule has 1 aromatic carbocycles. The van der Waals surface area contributed by atoms with E-state index in [1.165, 1.54) is 0 Å². The van der Waals surface area contributed by atoms with Gasteiger partial charge in [-0.1, -0.05) is 25.6 Å². The standard InChI is InChI=1S/C23H32N4O2Si/c1-23(2,3)29-22(28)24-15-19-16-26(21-11-13-25-27(21)17-19)20-9-7-18(8-10-20)12-14-30(4,5)6/h7-11,13,19H,15-17H2,1-6H3,(H,24,28). The van der Waals surface area contributed by atoms with E-state index in [2.05, 4.69) is 70.7 Å². The lowest BCUT2D eigenvalue weighted by molar-refractivity contribution is 0.0517. The van der Waals surface area contributed by atoms with Gasteiger partial charge in [0.25, 0.3) is 0 Å². The summed E-state index contributed by atoms with van der Waals surface area (Å²) in [5.74, 6) is 4.58. The molecule has 0 saturated carbocycles. The Morgan fingerprint density at radius 3 is 2.53 bits per heavy atom. The summed E-state index contributed by atoms with van der Waals surface area (Å²) in [5, 5.41) is 7.36. The average molecular weight is 425 g/mol. The Labute approximate surface area is 180 Å². The second kappa shape index (κ2) is 8.56. The molecule has 30 heavy (non-hydrogen) atoms. The highest BCUT2D eigenvalue weighted by Gasteiger charge is 2.27. The molecule has 6 nitrogen and oxygen atoms in total. The lowest BCUT2D eigenvalue weighted by Gasteiger charge is -2.35. The van der Waals surface area contributed by atoms with Crippen LogP contribution in [0.4, 0.5) is 16.3 Å². The second-order valence-corrected chi connectivity index (χ2v) is 14.5. The van der Waals surface area contributed by atoms with Crippen LogP contribution >= 0.6 is 0 Å². The van der Waals surface area contributed by atoms with Crippen molar-refractivity contribution in [2.24, 2.45) is 5.92 Å². The molecule has 7 heteroatoms. The third-order valence-electron chi connectivity index (χ3n) is 4.54. The number of fused-ring (bicyclic) bond motifs is 1. The van der Waals surface area contributed by atoms with Gasteiger partial charge in [0, 0.05) is 42.9 Å². The maximum Gasteiger partial charge on any atom is 0.407 e. The minimum Gasteiger partial charge on any atom is -0.444 e. The summed E-state index contributed by atoms with van der Waals surface area (Å²) in [4.78, 5) is 14.3. The number of hydrogen-bond donors (Lipinski definition) is 1. The summed E-state index contributed by atoms with van der Waals surface area (Å²) in [6.07, 6.45) is 1.44. The highest BCUT2D eigenvalue weighted by Crippen LogP contribution is 2.30. The van der Waals surface area contributed by atoms with E-state index in [0.29, 0.717) is 6.54 Å². The molecule has 1 aliphatic heterocycles. The van der Waals surface area contributed by atoms with Gasteiger partial charge in [0.1, 0.15) is 19.5 Å². The van der Waals surface area contributed by atoms with Crippen LogP contribution in [0.3, 0.4) is 0 Å². The zero-order chi connectivity index (χ0) is 21.9. The van der Waals surface area contributed by atoms with Crippen molar-refractivity contribution >= 4 is 25.7 Å². The highest BCUT2D eigenvalue weighted by atomic mass is 28.3. The number of rotatable bonds is 3. The van der Waals surface area contributed by atoms with Crippen molar-refractivity contribution in [2.45, 2.75) is 52.6 Å². The van der Waals surface area contributed by atoms with E-state index in [0.717, 1.165) is 30.2 Å². The molecule has 0 radical (unpaired) electrons. The lowest BCUT2D eigenvalue weighted by Crippen LogP contribution is -2.42. The summed E-state index contributed by atoms with van der Waals surface area (Å²) in [6, 6.07) is 10.4. The van der Waals surface area contributed by atoms with Gasteiger partial charge in [0.05, 0.1) is 6.20 Å². The predicted octanol–water partition coefficient (Wildman–Crippen LogP) is 4.40. The second-order valence-electron chi connectivity index (χ2n) is 9.78. The molecular formula is C23H32N4O2Si. The Morgan fingerprint density at radius 2 is 1.90 bits per heavy atom. The Balaban J connectivity index is 1.71. The number of alkyl carbamates (subject to hydrolysis) is 1. The van der Waals surface area contributed by atoms with E-state index < -0.39 is 13.7 Å². The Hall–Kier alpha value is -2.72. The van der Waals surface area contributed by atoms with Gasteiger partial charge in [-0.25, -0.2) is 9.48 Å². The number of amides is 1. The van der Waals surface area contributed by atoms with Crippen molar-refractivity contribution in [3.05, 3.63) is 42.1 Å². The van der Waals surface area contributed by atoms with Gasteiger partial charge in [-0.05, 0) is 45.0 Å². The molecule has 1 aliphatic rings. The molecule has 1 aromatic heterocycles. The van der Waals surface area contributed by atoms with E-state index in [9.17, 15) is 4.79 Å². The number of nitrogens with one attached hydrogen (secondary N) is 1. The zero-order valence-electron chi connectivity index (χ0n) is 18.8. The molecule has 0 saturated heterocycles. The van der Waals surface area contributed by atoms with Crippen LogP contribution in [0.1, 0.15) is 26.3 Å². The molecular weight excluding hydrogens is 392 g/mol. The summed E-state index contributed by atoms with van der Waals surface area (Å²) >= 11 is 0. The Bertz CT molecular complexity index is 943. The number of hydrogen-bond acceptors (Lipinski definition) is 4. The first-order chi connectivity index (χ1) is 14.0. The van der Waals surface area contributed by atoms with Crippen LogP contribution in [0, 0.1) is 17.4 Å². The molecule has 3 rings (SSSR count). The molecule has 1 atom stereocenters. The highest BCUT2D eigenvalue weighted by molar-refractivity contribution is 6.83. The first-order valence-electron chi connectivity index (χ1n) is 10.4. The third kappa shape index (κ3) is 6.14. The monoisotopic (exact) mass is 424 g/mol. The first-order valence-corrected chi connectivity index (χ1v) is 13.9. The fourth-order valence-electron chi connectivity index (χ4n) is 3.24. The molecule has 2 heterocycles. The maximum absolute atomic E-state index is 12.0. The van der Waals surface area contributed by atoms with Crippen molar-refractivity contribution in [1.29, 1.82) is 0 Å². The predicted molar refractivity (Wildman–Crippen MR) is 124 cm³/mol. The lowest BCUT2D eigenvalue weighted by atomic mass is 10.1. The Kier molecular flexibility index (Phi) is 6.27. The summed E-state index contributed by atoms with van der Waals surface area (Å²) in [7, 11) is -1.39. The van der Waals surface area contributed by atoms with E-state index in [1.54, 1.807) is 0 Å². The zero-order valence-corrected chi connectivity index (χ0v) is 19.8. The van der Waals surface area contributed by atoms with Crippen molar-refractivity contribution in [1.82, 2.24) is 15.1 Å². The molecule has 1 N–H and O–H groups in total. The summed E-state index contributed by atoms with van der Waals surface area (Å²) in [6.45, 7) is 14.4. The number of anilines is 2. The normalized spacial score (nSPS) is 16.3. The minimum absolute atomic E-state index is 0.219. The van der Waals surface area contributed by atoms with Crippen LogP contribution in [0.15, 0.2) is 36.5 Å². The molecule has 2 aromatic rings. The molecule has 1 amide bonds. The van der Waals surface area contributed by atoms with Gasteiger partial charge < -0.3 is 15.0 Å². The van der Waals surface area contributed by atoms with Crippen molar-refractivity contribution < 1.29 is 9.53 Å². The molecule has 1 unspecified atom stereocenters. The number of carbonyl (C=O) groups excluding carboxylic acids is 1. The third-order valence-corrected chi connectivity index (χ3v) is 5.41. The molecule has 0 aliphatic carbocycles.